The first-order valence-corrected chi connectivity index (χ1v) is 5.23. The number of halogens is 1. The molecule has 0 bridgehead atoms. The van der Waals surface area contributed by atoms with E-state index in [2.05, 4.69) is 37.2 Å². The smallest absolute Gasteiger partial charge is 0.129 e. The van der Waals surface area contributed by atoms with Gasteiger partial charge in [-0.2, -0.15) is 0 Å². The van der Waals surface area contributed by atoms with Gasteiger partial charge in [-0.25, -0.2) is 4.98 Å². The molecule has 0 aromatic carbocycles. The molecule has 4 heteroatoms. The van der Waals surface area contributed by atoms with Crippen molar-refractivity contribution in [2.45, 2.75) is 0 Å². The minimum absolute atomic E-state index is 1.05. The van der Waals surface area contributed by atoms with Gasteiger partial charge >= 0.3 is 0 Å². The summed E-state index contributed by atoms with van der Waals surface area (Å²) in [7, 11) is 0. The molecule has 2 heterocycles. The monoisotopic (exact) mass is 241 g/mol. The van der Waals surface area contributed by atoms with Crippen LogP contribution < -0.4 is 10.2 Å². The second-order valence-corrected chi connectivity index (χ2v) is 3.98. The van der Waals surface area contributed by atoms with E-state index in [1.165, 1.54) is 0 Å². The van der Waals surface area contributed by atoms with Crippen LogP contribution in [0.4, 0.5) is 5.82 Å². The van der Waals surface area contributed by atoms with E-state index < -0.39 is 0 Å². The van der Waals surface area contributed by atoms with Crippen molar-refractivity contribution >= 4 is 21.7 Å². The standard InChI is InChI=1S/C9H12BrN3/c10-8-1-2-12-9(7-8)13-5-3-11-4-6-13/h1-2,7,11H,3-6H2. The summed E-state index contributed by atoms with van der Waals surface area (Å²) in [5.41, 5.74) is 0. The van der Waals surface area contributed by atoms with Crippen molar-refractivity contribution in [3.63, 3.8) is 0 Å². The Morgan fingerprint density at radius 2 is 2.15 bits per heavy atom. The molecule has 0 spiro atoms. The maximum atomic E-state index is 4.33. The van der Waals surface area contributed by atoms with Crippen LogP contribution in [0.5, 0.6) is 0 Å². The fourth-order valence-electron chi connectivity index (χ4n) is 1.46. The molecule has 70 valence electrons. The van der Waals surface area contributed by atoms with Gasteiger partial charge in [-0.05, 0) is 12.1 Å². The Labute approximate surface area is 86.3 Å². The highest BCUT2D eigenvalue weighted by atomic mass is 79.9. The van der Waals surface area contributed by atoms with Gasteiger partial charge in [-0.3, -0.25) is 0 Å². The lowest BCUT2D eigenvalue weighted by atomic mass is 10.3. The van der Waals surface area contributed by atoms with Gasteiger partial charge in [0, 0.05) is 36.8 Å². The Balaban J connectivity index is 2.14. The number of rotatable bonds is 1. The third-order valence-corrected chi connectivity index (χ3v) is 2.64. The molecule has 0 saturated carbocycles. The third kappa shape index (κ3) is 2.19. The van der Waals surface area contributed by atoms with Crippen LogP contribution in [0, 0.1) is 0 Å². The fourth-order valence-corrected chi connectivity index (χ4v) is 1.78. The molecular formula is C9H12BrN3. The Bertz CT molecular complexity index is 284. The highest BCUT2D eigenvalue weighted by Gasteiger charge is 2.10. The van der Waals surface area contributed by atoms with Gasteiger partial charge in [0.25, 0.3) is 0 Å². The first kappa shape index (κ1) is 8.97. The average molecular weight is 242 g/mol. The molecule has 2 rings (SSSR count). The predicted molar refractivity (Wildman–Crippen MR) is 57.0 cm³/mol. The second kappa shape index (κ2) is 4.07. The molecule has 0 radical (unpaired) electrons. The minimum Gasteiger partial charge on any atom is -0.354 e. The molecule has 1 aromatic rings. The molecule has 3 nitrogen and oxygen atoms in total. The summed E-state index contributed by atoms with van der Waals surface area (Å²) < 4.78 is 1.09. The number of hydrogen-bond acceptors (Lipinski definition) is 3. The number of piperazine rings is 1. The second-order valence-electron chi connectivity index (χ2n) is 3.07. The molecule has 0 atom stereocenters. The van der Waals surface area contributed by atoms with E-state index >= 15 is 0 Å². The molecule has 1 saturated heterocycles. The summed E-state index contributed by atoms with van der Waals surface area (Å²) in [4.78, 5) is 6.62. The highest BCUT2D eigenvalue weighted by Crippen LogP contribution is 2.16. The van der Waals surface area contributed by atoms with Gasteiger partial charge < -0.3 is 10.2 Å². The van der Waals surface area contributed by atoms with E-state index in [-0.39, 0.29) is 0 Å². The lowest BCUT2D eigenvalue weighted by Crippen LogP contribution is -2.43. The molecule has 0 unspecified atom stereocenters. The maximum absolute atomic E-state index is 4.33. The van der Waals surface area contributed by atoms with Crippen molar-refractivity contribution < 1.29 is 0 Å². The van der Waals surface area contributed by atoms with Crippen LogP contribution in [-0.2, 0) is 0 Å². The summed E-state index contributed by atoms with van der Waals surface area (Å²) >= 11 is 3.45. The van der Waals surface area contributed by atoms with E-state index in [0.717, 1.165) is 36.5 Å². The van der Waals surface area contributed by atoms with E-state index in [1.54, 1.807) is 0 Å². The van der Waals surface area contributed by atoms with Crippen molar-refractivity contribution in [1.82, 2.24) is 10.3 Å². The zero-order valence-electron chi connectivity index (χ0n) is 7.33. The summed E-state index contributed by atoms with van der Waals surface area (Å²) in [6, 6.07) is 4.01. The van der Waals surface area contributed by atoms with Crippen LogP contribution in [0.2, 0.25) is 0 Å². The first-order valence-electron chi connectivity index (χ1n) is 4.43. The lowest BCUT2D eigenvalue weighted by Gasteiger charge is -2.28. The van der Waals surface area contributed by atoms with Crippen LogP contribution >= 0.6 is 15.9 Å². The van der Waals surface area contributed by atoms with E-state index in [1.807, 2.05) is 12.3 Å². The number of pyridine rings is 1. The van der Waals surface area contributed by atoms with E-state index in [9.17, 15) is 0 Å². The van der Waals surface area contributed by atoms with Crippen molar-refractivity contribution in [2.75, 3.05) is 31.1 Å². The average Bonchev–Trinajstić information content (AvgIpc) is 2.19. The largest absolute Gasteiger partial charge is 0.354 e. The molecule has 0 aliphatic carbocycles. The summed E-state index contributed by atoms with van der Waals surface area (Å²) in [5.74, 6) is 1.07. The molecule has 1 aliphatic heterocycles. The summed E-state index contributed by atoms with van der Waals surface area (Å²) in [6.45, 7) is 4.19. The van der Waals surface area contributed by atoms with Gasteiger partial charge in [0.2, 0.25) is 0 Å². The van der Waals surface area contributed by atoms with Crippen molar-refractivity contribution in [3.8, 4) is 0 Å². The van der Waals surface area contributed by atoms with Gasteiger partial charge in [0.1, 0.15) is 5.82 Å². The fraction of sp³-hybridized carbons (Fsp3) is 0.444. The normalized spacial score (nSPS) is 17.5. The van der Waals surface area contributed by atoms with E-state index in [0.29, 0.717) is 0 Å². The van der Waals surface area contributed by atoms with Crippen LogP contribution in [0.3, 0.4) is 0 Å². The predicted octanol–water partition coefficient (Wildman–Crippen LogP) is 1.25. The van der Waals surface area contributed by atoms with Crippen molar-refractivity contribution in [3.05, 3.63) is 22.8 Å². The van der Waals surface area contributed by atoms with Gasteiger partial charge in [0.05, 0.1) is 0 Å². The molecule has 0 amide bonds. The Hall–Kier alpha value is -0.610. The van der Waals surface area contributed by atoms with Crippen LogP contribution in [0.25, 0.3) is 0 Å². The number of nitrogens with one attached hydrogen (secondary N) is 1. The van der Waals surface area contributed by atoms with Crippen LogP contribution in [-0.4, -0.2) is 31.2 Å². The summed E-state index contributed by atoms with van der Waals surface area (Å²) in [5, 5.41) is 3.32. The van der Waals surface area contributed by atoms with Gasteiger partial charge in [-0.15, -0.1) is 0 Å². The van der Waals surface area contributed by atoms with Crippen LogP contribution in [0.1, 0.15) is 0 Å². The molecular weight excluding hydrogens is 230 g/mol. The van der Waals surface area contributed by atoms with Gasteiger partial charge in [-0.1, -0.05) is 15.9 Å². The highest BCUT2D eigenvalue weighted by molar-refractivity contribution is 9.10. The minimum atomic E-state index is 1.05. The number of hydrogen-bond donors (Lipinski definition) is 1. The number of aromatic nitrogens is 1. The number of nitrogens with zero attached hydrogens (tertiary/aromatic N) is 2. The quantitative estimate of drug-likeness (QED) is 0.803. The lowest BCUT2D eigenvalue weighted by molar-refractivity contribution is 0.585. The van der Waals surface area contributed by atoms with Gasteiger partial charge in [0.15, 0.2) is 0 Å². The first-order chi connectivity index (χ1) is 6.36. The number of anilines is 1. The maximum Gasteiger partial charge on any atom is 0.129 e. The SMILES string of the molecule is Brc1ccnc(N2CCNCC2)c1. The Kier molecular flexibility index (Phi) is 2.80. The summed E-state index contributed by atoms with van der Waals surface area (Å²) in [6.07, 6.45) is 1.83. The zero-order valence-corrected chi connectivity index (χ0v) is 8.92. The van der Waals surface area contributed by atoms with E-state index in [4.69, 9.17) is 0 Å². The molecule has 1 fully saturated rings. The molecule has 1 aromatic heterocycles. The Morgan fingerprint density at radius 3 is 2.85 bits per heavy atom. The molecule has 1 N–H and O–H groups in total. The van der Waals surface area contributed by atoms with Crippen molar-refractivity contribution in [2.24, 2.45) is 0 Å². The molecule has 1 aliphatic rings. The zero-order chi connectivity index (χ0) is 9.10. The Morgan fingerprint density at radius 1 is 1.38 bits per heavy atom. The third-order valence-electron chi connectivity index (χ3n) is 2.15. The molecule has 13 heavy (non-hydrogen) atoms. The van der Waals surface area contributed by atoms with Crippen molar-refractivity contribution in [1.29, 1.82) is 0 Å². The topological polar surface area (TPSA) is 28.2 Å². The van der Waals surface area contributed by atoms with Crippen LogP contribution in [0.15, 0.2) is 22.8 Å².